The molecule has 0 saturated carbocycles. The van der Waals surface area contributed by atoms with Gasteiger partial charge in [0.15, 0.2) is 18.1 Å². The van der Waals surface area contributed by atoms with Crippen LogP contribution >= 0.6 is 0 Å². The Kier molecular flexibility index (Phi) is 6.92. The van der Waals surface area contributed by atoms with Crippen molar-refractivity contribution in [2.75, 3.05) is 20.3 Å². The summed E-state index contributed by atoms with van der Waals surface area (Å²) in [5.41, 5.74) is 0.291. The molecule has 1 N–H and O–H groups in total. The summed E-state index contributed by atoms with van der Waals surface area (Å²) in [4.78, 5) is 24.8. The van der Waals surface area contributed by atoms with E-state index in [0.29, 0.717) is 0 Å². The molecule has 1 atom stereocenters. The van der Waals surface area contributed by atoms with E-state index < -0.39 is 36.2 Å². The molecule has 1 amide bonds. The fourth-order valence-electron chi connectivity index (χ4n) is 2.59. The van der Waals surface area contributed by atoms with Gasteiger partial charge in [0.05, 0.1) is 12.6 Å². The van der Waals surface area contributed by atoms with E-state index in [9.17, 15) is 18.4 Å². The molecule has 6 nitrogen and oxygen atoms in total. The van der Waals surface area contributed by atoms with Crippen LogP contribution in [0.25, 0.3) is 0 Å². The molecule has 0 radical (unpaired) electrons. The van der Waals surface area contributed by atoms with Crippen LogP contribution in [0, 0.1) is 11.6 Å². The molecule has 0 aliphatic heterocycles. The zero-order valence-electron chi connectivity index (χ0n) is 15.7. The number of carboxylic acid groups (broad SMARTS) is 1. The zero-order valence-corrected chi connectivity index (χ0v) is 15.7. The lowest BCUT2D eigenvalue weighted by molar-refractivity contribution is -0.139. The summed E-state index contributed by atoms with van der Waals surface area (Å²) in [7, 11) is 1.48. The number of hydrogen-bond donors (Lipinski definition) is 1. The van der Waals surface area contributed by atoms with Crippen LogP contribution in [0.15, 0.2) is 36.4 Å². The first-order valence-electron chi connectivity index (χ1n) is 8.58. The van der Waals surface area contributed by atoms with Crippen LogP contribution in [0.2, 0.25) is 0 Å². The van der Waals surface area contributed by atoms with E-state index in [1.807, 2.05) is 0 Å². The highest BCUT2D eigenvalue weighted by atomic mass is 19.1. The van der Waals surface area contributed by atoms with Gasteiger partial charge in [-0.2, -0.15) is 0 Å². The van der Waals surface area contributed by atoms with Crippen LogP contribution < -0.4 is 9.47 Å². The molecule has 1 unspecified atom stereocenters. The van der Waals surface area contributed by atoms with Crippen LogP contribution in [0.5, 0.6) is 11.5 Å². The maximum Gasteiger partial charge on any atom is 0.341 e. The first-order valence-corrected chi connectivity index (χ1v) is 8.58. The maximum atomic E-state index is 14.0. The van der Waals surface area contributed by atoms with Gasteiger partial charge in [-0.15, -0.1) is 0 Å². The number of benzene rings is 2. The van der Waals surface area contributed by atoms with Crippen molar-refractivity contribution in [3.8, 4) is 11.5 Å². The summed E-state index contributed by atoms with van der Waals surface area (Å²) in [5, 5.41) is 8.74. The molecule has 0 heterocycles. The molecule has 8 heteroatoms. The third kappa shape index (κ3) is 4.97. The molecular weight excluding hydrogens is 372 g/mol. The molecule has 0 spiro atoms. The molecule has 0 bridgehead atoms. The van der Waals surface area contributed by atoms with Gasteiger partial charge in [0, 0.05) is 18.2 Å². The average Bonchev–Trinajstić information content (AvgIpc) is 2.67. The normalized spacial score (nSPS) is 11.6. The van der Waals surface area contributed by atoms with E-state index in [1.165, 1.54) is 30.1 Å². The number of hydrogen-bond acceptors (Lipinski definition) is 4. The van der Waals surface area contributed by atoms with E-state index in [4.69, 9.17) is 14.6 Å². The van der Waals surface area contributed by atoms with Crippen LogP contribution in [0.3, 0.4) is 0 Å². The highest BCUT2D eigenvalue weighted by Crippen LogP contribution is 2.30. The van der Waals surface area contributed by atoms with Crippen molar-refractivity contribution in [3.63, 3.8) is 0 Å². The third-order valence-corrected chi connectivity index (χ3v) is 4.15. The Bertz CT molecular complexity index is 872. The minimum atomic E-state index is -1.15. The summed E-state index contributed by atoms with van der Waals surface area (Å²) in [6.07, 6.45) is 0. The van der Waals surface area contributed by atoms with Crippen molar-refractivity contribution < 1.29 is 33.0 Å². The number of ether oxygens (including phenoxy) is 2. The van der Waals surface area contributed by atoms with Gasteiger partial charge in [0.1, 0.15) is 11.6 Å². The Morgan fingerprint density at radius 2 is 1.82 bits per heavy atom. The molecule has 0 aromatic heterocycles. The van der Waals surface area contributed by atoms with Gasteiger partial charge in [0.25, 0.3) is 5.91 Å². The average molecular weight is 393 g/mol. The SMILES string of the molecule is CCOc1cc(C(=O)N(C)C(C)c2cc(F)ccc2F)ccc1OCC(=O)O. The van der Waals surface area contributed by atoms with Crippen molar-refractivity contribution >= 4 is 11.9 Å². The molecular formula is C20H21F2NO5. The number of carboxylic acids is 1. The molecule has 150 valence electrons. The second-order valence-corrected chi connectivity index (χ2v) is 6.03. The standard InChI is InChI=1S/C20H21F2NO5/c1-4-27-18-9-13(5-8-17(18)28-11-19(24)25)20(26)23(3)12(2)15-10-14(21)6-7-16(15)22/h5-10,12H,4,11H2,1-3H3,(H,24,25). The molecule has 2 aromatic carbocycles. The first kappa shape index (κ1) is 21.1. The summed E-state index contributed by atoms with van der Waals surface area (Å²) < 4.78 is 38.1. The molecule has 28 heavy (non-hydrogen) atoms. The zero-order chi connectivity index (χ0) is 20.8. The number of halogens is 2. The summed E-state index contributed by atoms with van der Waals surface area (Å²) in [6, 6.07) is 6.67. The lowest BCUT2D eigenvalue weighted by atomic mass is 10.0. The molecule has 0 aliphatic carbocycles. The van der Waals surface area contributed by atoms with Crippen molar-refractivity contribution in [3.05, 3.63) is 59.2 Å². The van der Waals surface area contributed by atoms with Crippen LogP contribution in [0.4, 0.5) is 8.78 Å². The highest BCUT2D eigenvalue weighted by Gasteiger charge is 2.23. The molecule has 2 rings (SSSR count). The second-order valence-electron chi connectivity index (χ2n) is 6.03. The van der Waals surface area contributed by atoms with E-state index >= 15 is 0 Å². The molecule has 0 aliphatic rings. The highest BCUT2D eigenvalue weighted by molar-refractivity contribution is 5.95. The number of carbonyl (C=O) groups is 2. The van der Waals surface area contributed by atoms with Crippen LogP contribution in [0.1, 0.15) is 35.8 Å². The Balaban J connectivity index is 2.27. The van der Waals surface area contributed by atoms with Crippen molar-refractivity contribution in [2.45, 2.75) is 19.9 Å². The van der Waals surface area contributed by atoms with Gasteiger partial charge in [-0.1, -0.05) is 0 Å². The lowest BCUT2D eigenvalue weighted by Gasteiger charge is -2.26. The van der Waals surface area contributed by atoms with Crippen molar-refractivity contribution in [1.29, 1.82) is 0 Å². The monoisotopic (exact) mass is 393 g/mol. The van der Waals surface area contributed by atoms with Gasteiger partial charge >= 0.3 is 5.97 Å². The molecule has 0 fully saturated rings. The van der Waals surface area contributed by atoms with Gasteiger partial charge in [-0.05, 0) is 50.2 Å². The number of rotatable bonds is 8. The third-order valence-electron chi connectivity index (χ3n) is 4.15. The van der Waals surface area contributed by atoms with E-state index in [0.717, 1.165) is 18.2 Å². The predicted octanol–water partition coefficient (Wildman–Crippen LogP) is 3.66. The quantitative estimate of drug-likeness (QED) is 0.741. The number of nitrogens with zero attached hydrogens (tertiary/aromatic N) is 1. The summed E-state index contributed by atoms with van der Waals surface area (Å²) in [6.45, 7) is 3.05. The van der Waals surface area contributed by atoms with Gasteiger partial charge in [-0.25, -0.2) is 13.6 Å². The largest absolute Gasteiger partial charge is 0.490 e. The Morgan fingerprint density at radius 3 is 2.46 bits per heavy atom. The molecule has 0 saturated heterocycles. The van der Waals surface area contributed by atoms with Gasteiger partial charge in [0.2, 0.25) is 0 Å². The van der Waals surface area contributed by atoms with E-state index in [2.05, 4.69) is 0 Å². The Morgan fingerprint density at radius 1 is 1.11 bits per heavy atom. The van der Waals surface area contributed by atoms with E-state index in [1.54, 1.807) is 13.8 Å². The number of carbonyl (C=O) groups excluding carboxylic acids is 1. The number of amides is 1. The predicted molar refractivity (Wildman–Crippen MR) is 97.6 cm³/mol. The fourth-order valence-corrected chi connectivity index (χ4v) is 2.59. The first-order chi connectivity index (χ1) is 13.2. The van der Waals surface area contributed by atoms with Crippen LogP contribution in [-0.4, -0.2) is 42.1 Å². The van der Waals surface area contributed by atoms with Gasteiger partial charge < -0.3 is 19.5 Å². The Hall–Kier alpha value is -3.16. The van der Waals surface area contributed by atoms with Crippen molar-refractivity contribution in [2.24, 2.45) is 0 Å². The maximum absolute atomic E-state index is 14.0. The minimum Gasteiger partial charge on any atom is -0.490 e. The minimum absolute atomic E-state index is 0.0577. The lowest BCUT2D eigenvalue weighted by Crippen LogP contribution is -2.30. The smallest absolute Gasteiger partial charge is 0.341 e. The second kappa shape index (κ2) is 9.16. The number of aliphatic carboxylic acids is 1. The topological polar surface area (TPSA) is 76.1 Å². The van der Waals surface area contributed by atoms with Gasteiger partial charge in [-0.3, -0.25) is 4.79 Å². The fraction of sp³-hybridized carbons (Fsp3) is 0.300. The summed E-state index contributed by atoms with van der Waals surface area (Å²) >= 11 is 0. The Labute approximate surface area is 161 Å². The van der Waals surface area contributed by atoms with E-state index in [-0.39, 0.29) is 29.2 Å². The summed E-state index contributed by atoms with van der Waals surface area (Å²) in [5.74, 6) is -2.39. The van der Waals surface area contributed by atoms with Crippen LogP contribution in [-0.2, 0) is 4.79 Å². The molecule has 2 aromatic rings. The van der Waals surface area contributed by atoms with Crippen molar-refractivity contribution in [1.82, 2.24) is 4.90 Å².